The normalized spacial score (nSPS) is 19.0. The number of rotatable bonds is 2. The molecule has 1 aliphatic rings. The maximum Gasteiger partial charge on any atom is 0.271 e. The lowest BCUT2D eigenvalue weighted by Crippen LogP contribution is -2.36. The average Bonchev–Trinajstić information content (AvgIpc) is 2.91. The van der Waals surface area contributed by atoms with E-state index >= 15 is 0 Å². The molecule has 5 nitrogen and oxygen atoms in total. The highest BCUT2D eigenvalue weighted by atomic mass is 16.1. The summed E-state index contributed by atoms with van der Waals surface area (Å²) in [6.07, 6.45) is 2.49. The smallest absolute Gasteiger partial charge is 0.271 e. The molecular weight excluding hydrogens is 228 g/mol. The second-order valence-corrected chi connectivity index (χ2v) is 4.41. The number of nitrogens with zero attached hydrogens (tertiary/aromatic N) is 2. The zero-order chi connectivity index (χ0) is 12.4. The van der Waals surface area contributed by atoms with Crippen molar-refractivity contribution in [2.75, 3.05) is 13.1 Å². The van der Waals surface area contributed by atoms with Gasteiger partial charge in [-0.05, 0) is 25.1 Å². The van der Waals surface area contributed by atoms with Gasteiger partial charge < -0.3 is 10.6 Å². The predicted molar refractivity (Wildman–Crippen MR) is 68.3 cm³/mol. The molecule has 2 aromatic rings. The van der Waals surface area contributed by atoms with Gasteiger partial charge in [-0.3, -0.25) is 9.78 Å². The monoisotopic (exact) mass is 242 g/mol. The van der Waals surface area contributed by atoms with Gasteiger partial charge in [0.1, 0.15) is 5.69 Å². The van der Waals surface area contributed by atoms with Crippen LogP contribution < -0.4 is 10.6 Å². The van der Waals surface area contributed by atoms with E-state index in [1.165, 1.54) is 6.20 Å². The molecule has 0 spiro atoms. The van der Waals surface area contributed by atoms with Gasteiger partial charge in [-0.1, -0.05) is 12.1 Å². The molecule has 0 bridgehead atoms. The second-order valence-electron chi connectivity index (χ2n) is 4.41. The van der Waals surface area contributed by atoms with Crippen molar-refractivity contribution in [3.8, 4) is 0 Å². The Hall–Kier alpha value is -2.01. The van der Waals surface area contributed by atoms with Crippen molar-refractivity contribution in [2.45, 2.75) is 12.5 Å². The molecule has 2 heterocycles. The summed E-state index contributed by atoms with van der Waals surface area (Å²) in [5.41, 5.74) is 1.92. The minimum absolute atomic E-state index is 0.151. The lowest BCUT2D eigenvalue weighted by Gasteiger charge is -2.10. The van der Waals surface area contributed by atoms with Gasteiger partial charge in [0.25, 0.3) is 5.91 Å². The van der Waals surface area contributed by atoms with Crippen molar-refractivity contribution in [2.24, 2.45) is 0 Å². The highest BCUT2D eigenvalue weighted by Gasteiger charge is 2.18. The van der Waals surface area contributed by atoms with Gasteiger partial charge in [0, 0.05) is 12.6 Å². The lowest BCUT2D eigenvalue weighted by molar-refractivity contribution is 0.0935. The number of carbonyl (C=O) groups excluding carboxylic acids is 1. The van der Waals surface area contributed by atoms with Crippen molar-refractivity contribution in [3.05, 3.63) is 36.2 Å². The quantitative estimate of drug-likeness (QED) is 0.814. The van der Waals surface area contributed by atoms with E-state index in [4.69, 9.17) is 0 Å². The van der Waals surface area contributed by atoms with Crippen LogP contribution in [0.2, 0.25) is 0 Å². The second kappa shape index (κ2) is 4.70. The largest absolute Gasteiger partial charge is 0.347 e. The number of hydrogen-bond acceptors (Lipinski definition) is 4. The van der Waals surface area contributed by atoms with E-state index in [9.17, 15) is 4.79 Å². The summed E-state index contributed by atoms with van der Waals surface area (Å²) in [5, 5.41) is 6.16. The molecule has 0 aliphatic carbocycles. The summed E-state index contributed by atoms with van der Waals surface area (Å²) >= 11 is 0. The van der Waals surface area contributed by atoms with Crippen LogP contribution in [0.5, 0.6) is 0 Å². The Morgan fingerprint density at radius 3 is 2.94 bits per heavy atom. The van der Waals surface area contributed by atoms with Crippen molar-refractivity contribution < 1.29 is 4.79 Å². The predicted octanol–water partition coefficient (Wildman–Crippen LogP) is 0.721. The van der Waals surface area contributed by atoms with Crippen LogP contribution in [0.15, 0.2) is 30.5 Å². The number of hydrogen-bond donors (Lipinski definition) is 2. The van der Waals surface area contributed by atoms with Crippen LogP contribution in [0.4, 0.5) is 0 Å². The molecule has 1 aliphatic heterocycles. The first-order valence-corrected chi connectivity index (χ1v) is 6.06. The Kier molecular flexibility index (Phi) is 2.90. The van der Waals surface area contributed by atoms with Gasteiger partial charge in [-0.2, -0.15) is 0 Å². The van der Waals surface area contributed by atoms with Crippen LogP contribution >= 0.6 is 0 Å². The molecule has 1 atom stereocenters. The van der Waals surface area contributed by atoms with E-state index in [0.717, 1.165) is 30.5 Å². The number of fused-ring (bicyclic) bond motifs is 1. The third-order valence-electron chi connectivity index (χ3n) is 3.08. The van der Waals surface area contributed by atoms with Crippen LogP contribution in [0.1, 0.15) is 16.9 Å². The Bertz CT molecular complexity index is 578. The van der Waals surface area contributed by atoms with Crippen LogP contribution in [-0.4, -0.2) is 35.0 Å². The molecule has 1 amide bonds. The summed E-state index contributed by atoms with van der Waals surface area (Å²) in [4.78, 5) is 20.6. The third kappa shape index (κ3) is 2.17. The summed E-state index contributed by atoms with van der Waals surface area (Å²) in [5.74, 6) is -0.151. The maximum absolute atomic E-state index is 12.0. The molecule has 18 heavy (non-hydrogen) atoms. The van der Waals surface area contributed by atoms with E-state index in [2.05, 4.69) is 20.6 Å². The Balaban J connectivity index is 1.82. The first-order chi connectivity index (χ1) is 8.83. The highest BCUT2D eigenvalue weighted by molar-refractivity contribution is 5.93. The molecule has 1 aromatic carbocycles. The Morgan fingerprint density at radius 1 is 1.33 bits per heavy atom. The standard InChI is InChI=1S/C13H14N4O/c18-13(16-9-5-6-14-7-9)12-8-15-10-3-1-2-4-11(10)17-12/h1-4,8-9,14H,5-7H2,(H,16,18)/t9-/m1/s1. The summed E-state index contributed by atoms with van der Waals surface area (Å²) in [7, 11) is 0. The van der Waals surface area contributed by atoms with Gasteiger partial charge in [-0.15, -0.1) is 0 Å². The van der Waals surface area contributed by atoms with Crippen molar-refractivity contribution in [3.63, 3.8) is 0 Å². The lowest BCUT2D eigenvalue weighted by atomic mass is 10.2. The molecule has 2 N–H and O–H groups in total. The molecule has 0 saturated carbocycles. The Labute approximate surface area is 105 Å². The molecule has 3 rings (SSSR count). The first kappa shape index (κ1) is 11.1. The summed E-state index contributed by atoms with van der Waals surface area (Å²) in [6.45, 7) is 1.78. The fourth-order valence-electron chi connectivity index (χ4n) is 2.10. The zero-order valence-corrected chi connectivity index (χ0v) is 9.89. The zero-order valence-electron chi connectivity index (χ0n) is 9.89. The molecule has 1 fully saturated rings. The van der Waals surface area contributed by atoms with Crippen LogP contribution in [0, 0.1) is 0 Å². The third-order valence-corrected chi connectivity index (χ3v) is 3.08. The van der Waals surface area contributed by atoms with Gasteiger partial charge in [0.05, 0.1) is 17.2 Å². The fraction of sp³-hybridized carbons (Fsp3) is 0.308. The minimum atomic E-state index is -0.151. The molecular formula is C13H14N4O. The van der Waals surface area contributed by atoms with Crippen LogP contribution in [-0.2, 0) is 0 Å². The van der Waals surface area contributed by atoms with Gasteiger partial charge >= 0.3 is 0 Å². The molecule has 0 unspecified atom stereocenters. The van der Waals surface area contributed by atoms with Crippen LogP contribution in [0.25, 0.3) is 11.0 Å². The van der Waals surface area contributed by atoms with Crippen molar-refractivity contribution in [1.82, 2.24) is 20.6 Å². The van der Waals surface area contributed by atoms with Crippen molar-refractivity contribution in [1.29, 1.82) is 0 Å². The van der Waals surface area contributed by atoms with E-state index in [1.54, 1.807) is 0 Å². The van der Waals surface area contributed by atoms with Gasteiger partial charge in [-0.25, -0.2) is 4.98 Å². The average molecular weight is 242 g/mol. The molecule has 92 valence electrons. The van der Waals surface area contributed by atoms with Crippen molar-refractivity contribution >= 4 is 16.9 Å². The highest BCUT2D eigenvalue weighted by Crippen LogP contribution is 2.08. The molecule has 0 radical (unpaired) electrons. The molecule has 1 aromatic heterocycles. The SMILES string of the molecule is O=C(N[C@@H]1CCNC1)c1cnc2ccccc2n1. The van der Waals surface area contributed by atoms with Gasteiger partial charge in [0.2, 0.25) is 0 Å². The van der Waals surface area contributed by atoms with Crippen LogP contribution in [0.3, 0.4) is 0 Å². The number of nitrogens with one attached hydrogen (secondary N) is 2. The summed E-state index contributed by atoms with van der Waals surface area (Å²) in [6, 6.07) is 7.73. The molecule has 1 saturated heterocycles. The van der Waals surface area contributed by atoms with Gasteiger partial charge in [0.15, 0.2) is 0 Å². The number of para-hydroxylation sites is 2. The number of aromatic nitrogens is 2. The number of amides is 1. The van der Waals surface area contributed by atoms with E-state index < -0.39 is 0 Å². The topological polar surface area (TPSA) is 66.9 Å². The van der Waals surface area contributed by atoms with E-state index in [0.29, 0.717) is 5.69 Å². The molecule has 5 heteroatoms. The Morgan fingerprint density at radius 2 is 2.17 bits per heavy atom. The first-order valence-electron chi connectivity index (χ1n) is 6.06. The fourth-order valence-corrected chi connectivity index (χ4v) is 2.10. The summed E-state index contributed by atoms with van der Waals surface area (Å²) < 4.78 is 0. The number of benzene rings is 1. The van der Waals surface area contributed by atoms with E-state index in [1.807, 2.05) is 24.3 Å². The number of carbonyl (C=O) groups is 1. The minimum Gasteiger partial charge on any atom is -0.347 e. The van der Waals surface area contributed by atoms with E-state index in [-0.39, 0.29) is 11.9 Å². The maximum atomic E-state index is 12.0.